The highest BCUT2D eigenvalue weighted by atomic mass is 127. The number of guanidine groups is 1. The maximum absolute atomic E-state index is 10.4. The van der Waals surface area contributed by atoms with E-state index >= 15 is 0 Å². The number of halogens is 1. The van der Waals surface area contributed by atoms with Crippen LogP contribution in [0.1, 0.15) is 44.4 Å². The molecule has 2 rings (SSSR count). The lowest BCUT2D eigenvalue weighted by Crippen LogP contribution is -2.38. The normalized spacial score (nSPS) is 12.2. The Morgan fingerprint density at radius 3 is 2.30 bits per heavy atom. The van der Waals surface area contributed by atoms with E-state index in [0.29, 0.717) is 5.96 Å². The van der Waals surface area contributed by atoms with Crippen LogP contribution in [0.2, 0.25) is 0 Å². The summed E-state index contributed by atoms with van der Waals surface area (Å²) in [7, 11) is 0. The predicted molar refractivity (Wildman–Crippen MR) is 133 cm³/mol. The Morgan fingerprint density at radius 2 is 1.70 bits per heavy atom. The predicted octanol–water partition coefficient (Wildman–Crippen LogP) is 4.02. The number of aromatic hydroxyl groups is 1. The number of hydrogen-bond acceptors (Lipinski definition) is 4. The van der Waals surface area contributed by atoms with Crippen LogP contribution < -0.4 is 15.4 Å². The molecular weight excluding hydrogens is 493 g/mol. The molecule has 166 valence electrons. The second kappa shape index (κ2) is 14.1. The van der Waals surface area contributed by atoms with Crippen molar-refractivity contribution in [3.05, 3.63) is 59.7 Å². The van der Waals surface area contributed by atoms with E-state index in [1.807, 2.05) is 57.2 Å². The molecule has 0 aliphatic heterocycles. The van der Waals surface area contributed by atoms with E-state index in [0.717, 1.165) is 37.2 Å². The summed E-state index contributed by atoms with van der Waals surface area (Å²) in [6, 6.07) is 14.8. The molecule has 30 heavy (non-hydrogen) atoms. The summed E-state index contributed by atoms with van der Waals surface area (Å²) in [6.45, 7) is 7.77. The van der Waals surface area contributed by atoms with Crippen molar-refractivity contribution in [3.8, 4) is 11.5 Å². The third-order valence-corrected chi connectivity index (χ3v) is 4.27. The first-order valence-electron chi connectivity index (χ1n) is 10.2. The van der Waals surface area contributed by atoms with Gasteiger partial charge in [-0.25, -0.2) is 0 Å². The van der Waals surface area contributed by atoms with Crippen molar-refractivity contribution < 1.29 is 14.9 Å². The average molecular weight is 527 g/mol. The first-order chi connectivity index (χ1) is 14.0. The summed E-state index contributed by atoms with van der Waals surface area (Å²) >= 11 is 0. The maximum Gasteiger partial charge on any atom is 0.191 e. The zero-order chi connectivity index (χ0) is 21.1. The van der Waals surface area contributed by atoms with Gasteiger partial charge in [-0.1, -0.05) is 24.3 Å². The van der Waals surface area contributed by atoms with Crippen molar-refractivity contribution >= 4 is 29.9 Å². The number of nitrogens with one attached hydrogen (secondary N) is 2. The van der Waals surface area contributed by atoms with Gasteiger partial charge in [0.05, 0.1) is 18.8 Å². The van der Waals surface area contributed by atoms with E-state index in [2.05, 4.69) is 15.6 Å². The van der Waals surface area contributed by atoms with Crippen molar-refractivity contribution in [2.45, 2.75) is 45.8 Å². The molecule has 0 saturated carbocycles. The van der Waals surface area contributed by atoms with Crippen molar-refractivity contribution in [1.29, 1.82) is 0 Å². The molecule has 0 saturated heterocycles. The summed E-state index contributed by atoms with van der Waals surface area (Å²) in [6.07, 6.45) is 1.31. The molecule has 1 atom stereocenters. The van der Waals surface area contributed by atoms with E-state index in [9.17, 15) is 10.2 Å². The number of benzene rings is 2. The molecule has 7 heteroatoms. The van der Waals surface area contributed by atoms with Crippen LogP contribution in [0, 0.1) is 0 Å². The topological polar surface area (TPSA) is 86.1 Å². The number of ether oxygens (including phenoxy) is 1. The molecule has 0 fully saturated rings. The fourth-order valence-corrected chi connectivity index (χ4v) is 2.83. The first-order valence-corrected chi connectivity index (χ1v) is 10.2. The number of aliphatic imine (C=N–C) groups is 1. The number of phenolic OH excluding ortho intramolecular Hbond substituents is 1. The molecule has 4 N–H and O–H groups in total. The third-order valence-electron chi connectivity index (χ3n) is 4.27. The molecule has 6 nitrogen and oxygen atoms in total. The smallest absolute Gasteiger partial charge is 0.191 e. The van der Waals surface area contributed by atoms with Gasteiger partial charge in [0.2, 0.25) is 0 Å². The quantitative estimate of drug-likeness (QED) is 0.162. The van der Waals surface area contributed by atoms with Crippen LogP contribution in [0.5, 0.6) is 11.5 Å². The number of aliphatic hydroxyl groups is 1. The summed E-state index contributed by atoms with van der Waals surface area (Å²) in [5, 5.41) is 26.3. The molecule has 0 amide bonds. The lowest BCUT2D eigenvalue weighted by Gasteiger charge is -2.14. The van der Waals surface area contributed by atoms with Gasteiger partial charge in [0.1, 0.15) is 11.5 Å². The first kappa shape index (κ1) is 26.0. The summed E-state index contributed by atoms with van der Waals surface area (Å²) in [4.78, 5) is 4.50. The number of aliphatic hydroxyl groups excluding tert-OH is 1. The Labute approximate surface area is 196 Å². The van der Waals surface area contributed by atoms with E-state index in [4.69, 9.17) is 4.74 Å². The van der Waals surface area contributed by atoms with Crippen molar-refractivity contribution in [3.63, 3.8) is 0 Å². The van der Waals surface area contributed by atoms with Crippen LogP contribution in [0.25, 0.3) is 0 Å². The van der Waals surface area contributed by atoms with Crippen LogP contribution in [0.15, 0.2) is 53.5 Å². The minimum atomic E-state index is -0.671. The van der Waals surface area contributed by atoms with Gasteiger partial charge in [0.15, 0.2) is 5.96 Å². The van der Waals surface area contributed by atoms with Gasteiger partial charge in [-0.2, -0.15) is 0 Å². The number of aryl methyl sites for hydroxylation is 1. The minimum Gasteiger partial charge on any atom is -0.508 e. The molecular formula is C23H34IN3O3. The Balaban J connectivity index is 0.00000450. The van der Waals surface area contributed by atoms with Crippen LogP contribution in [-0.4, -0.2) is 41.9 Å². The largest absolute Gasteiger partial charge is 0.508 e. The lowest BCUT2D eigenvalue weighted by molar-refractivity contribution is 0.186. The van der Waals surface area contributed by atoms with Gasteiger partial charge in [0.25, 0.3) is 0 Å². The maximum atomic E-state index is 10.4. The molecule has 2 aromatic carbocycles. The fourth-order valence-electron chi connectivity index (χ4n) is 2.83. The van der Waals surface area contributed by atoms with Crippen molar-refractivity contribution in [2.24, 2.45) is 4.99 Å². The van der Waals surface area contributed by atoms with Crippen molar-refractivity contribution in [2.75, 3.05) is 19.6 Å². The van der Waals surface area contributed by atoms with Gasteiger partial charge >= 0.3 is 0 Å². The van der Waals surface area contributed by atoms with Crippen LogP contribution >= 0.6 is 24.0 Å². The van der Waals surface area contributed by atoms with Gasteiger partial charge in [-0.15, -0.1) is 24.0 Å². The van der Waals surface area contributed by atoms with Crippen LogP contribution in [-0.2, 0) is 6.42 Å². The van der Waals surface area contributed by atoms with E-state index in [-0.39, 0.29) is 42.4 Å². The highest BCUT2D eigenvalue weighted by Gasteiger charge is 2.08. The van der Waals surface area contributed by atoms with Gasteiger partial charge < -0.3 is 25.6 Å². The SMILES string of the molecule is CCNC(=NCC(O)c1ccc(OC(C)C)cc1)NCCCc1ccc(O)cc1.I. The summed E-state index contributed by atoms with van der Waals surface area (Å²) in [5.41, 5.74) is 2.00. The molecule has 0 aliphatic carbocycles. The molecule has 0 bridgehead atoms. The lowest BCUT2D eigenvalue weighted by atomic mass is 10.1. The fraction of sp³-hybridized carbons (Fsp3) is 0.435. The summed E-state index contributed by atoms with van der Waals surface area (Å²) in [5.74, 6) is 1.77. The molecule has 1 unspecified atom stereocenters. The second-order valence-corrected chi connectivity index (χ2v) is 7.17. The second-order valence-electron chi connectivity index (χ2n) is 7.17. The molecule has 0 heterocycles. The van der Waals surface area contributed by atoms with E-state index in [1.165, 1.54) is 5.56 Å². The highest BCUT2D eigenvalue weighted by molar-refractivity contribution is 14.0. The standard InChI is InChI=1S/C23H33N3O3.HI/c1-4-24-23(25-15-5-6-18-7-11-20(27)12-8-18)26-16-22(28)19-9-13-21(14-10-19)29-17(2)3;/h7-14,17,22,27-28H,4-6,15-16H2,1-3H3,(H2,24,25,26);1H. The van der Waals surface area contributed by atoms with E-state index in [1.54, 1.807) is 12.1 Å². The van der Waals surface area contributed by atoms with E-state index < -0.39 is 6.10 Å². The zero-order valence-electron chi connectivity index (χ0n) is 18.0. The molecule has 0 aromatic heterocycles. The number of hydrogen-bond donors (Lipinski definition) is 4. The van der Waals surface area contributed by atoms with Crippen LogP contribution in [0.4, 0.5) is 0 Å². The molecule has 0 radical (unpaired) electrons. The Morgan fingerprint density at radius 1 is 1.03 bits per heavy atom. The number of phenols is 1. The monoisotopic (exact) mass is 527 g/mol. The highest BCUT2D eigenvalue weighted by Crippen LogP contribution is 2.19. The van der Waals surface area contributed by atoms with Gasteiger partial charge in [0, 0.05) is 13.1 Å². The van der Waals surface area contributed by atoms with Crippen LogP contribution in [0.3, 0.4) is 0 Å². The van der Waals surface area contributed by atoms with Gasteiger partial charge in [-0.05, 0) is 69.0 Å². The van der Waals surface area contributed by atoms with Gasteiger partial charge in [-0.3, -0.25) is 4.99 Å². The number of nitrogens with zero attached hydrogens (tertiary/aromatic N) is 1. The zero-order valence-corrected chi connectivity index (χ0v) is 20.3. The molecule has 0 spiro atoms. The third kappa shape index (κ3) is 9.67. The minimum absolute atomic E-state index is 0. The Hall–Kier alpha value is -2.00. The molecule has 2 aromatic rings. The average Bonchev–Trinajstić information content (AvgIpc) is 2.70. The number of rotatable bonds is 10. The summed E-state index contributed by atoms with van der Waals surface area (Å²) < 4.78 is 5.63. The Kier molecular flexibility index (Phi) is 12.2. The van der Waals surface area contributed by atoms with Crippen molar-refractivity contribution in [1.82, 2.24) is 10.6 Å². The Bertz CT molecular complexity index is 749. The molecule has 0 aliphatic rings.